The highest BCUT2D eigenvalue weighted by molar-refractivity contribution is 7.90. The van der Waals surface area contributed by atoms with E-state index in [-0.39, 0.29) is 4.90 Å². The Labute approximate surface area is 150 Å². The van der Waals surface area contributed by atoms with Crippen LogP contribution in [0, 0.1) is 0 Å². The zero-order valence-corrected chi connectivity index (χ0v) is 14.9. The molecule has 1 N–H and O–H groups in total. The van der Waals surface area contributed by atoms with Crippen molar-refractivity contribution in [2.24, 2.45) is 0 Å². The summed E-state index contributed by atoms with van der Waals surface area (Å²) in [7, 11) is -3.23. The third-order valence-electron chi connectivity index (χ3n) is 4.22. The van der Waals surface area contributed by atoms with Crippen molar-refractivity contribution in [3.05, 3.63) is 59.4 Å². The standard InChI is InChI=1S/C17H17N5O3S/c1-26(23,24)16-6-4-15(5-7-16)22-17(19-20-21-22)9-18-14-3-2-12-10-25-11-13(12)8-14/h2-8,18H,9-11H2,1H3. The van der Waals surface area contributed by atoms with Gasteiger partial charge in [0.1, 0.15) is 0 Å². The smallest absolute Gasteiger partial charge is 0.175 e. The van der Waals surface area contributed by atoms with Crippen LogP contribution in [0.4, 0.5) is 5.69 Å². The molecule has 8 nitrogen and oxygen atoms in total. The Morgan fingerprint density at radius 3 is 2.65 bits per heavy atom. The fourth-order valence-corrected chi connectivity index (χ4v) is 3.44. The van der Waals surface area contributed by atoms with Crippen LogP contribution in [-0.4, -0.2) is 34.9 Å². The van der Waals surface area contributed by atoms with Gasteiger partial charge in [0.25, 0.3) is 0 Å². The lowest BCUT2D eigenvalue weighted by atomic mass is 10.1. The van der Waals surface area contributed by atoms with Crippen LogP contribution in [0.1, 0.15) is 17.0 Å². The van der Waals surface area contributed by atoms with E-state index in [0.717, 1.165) is 5.69 Å². The van der Waals surface area contributed by atoms with E-state index in [1.54, 1.807) is 28.9 Å². The number of anilines is 1. The summed E-state index contributed by atoms with van der Waals surface area (Å²) in [5, 5.41) is 15.1. The van der Waals surface area contributed by atoms with Crippen LogP contribution < -0.4 is 5.32 Å². The number of hydrogen-bond acceptors (Lipinski definition) is 7. The van der Waals surface area contributed by atoms with Crippen LogP contribution in [0.5, 0.6) is 0 Å². The zero-order valence-electron chi connectivity index (χ0n) is 14.1. The number of hydrogen-bond donors (Lipinski definition) is 1. The first kappa shape index (κ1) is 16.7. The van der Waals surface area contributed by atoms with Crippen LogP contribution >= 0.6 is 0 Å². The van der Waals surface area contributed by atoms with Crippen molar-refractivity contribution in [1.82, 2.24) is 20.2 Å². The van der Waals surface area contributed by atoms with Crippen LogP contribution in [0.25, 0.3) is 5.69 Å². The molecule has 4 rings (SSSR count). The number of aromatic nitrogens is 4. The number of benzene rings is 2. The van der Waals surface area contributed by atoms with Gasteiger partial charge in [-0.3, -0.25) is 0 Å². The van der Waals surface area contributed by atoms with Crippen LogP contribution in [0.15, 0.2) is 47.4 Å². The maximum Gasteiger partial charge on any atom is 0.175 e. The molecule has 9 heteroatoms. The Morgan fingerprint density at radius 2 is 1.88 bits per heavy atom. The molecule has 0 amide bonds. The monoisotopic (exact) mass is 371 g/mol. The van der Waals surface area contributed by atoms with Gasteiger partial charge in [0.15, 0.2) is 15.7 Å². The maximum atomic E-state index is 11.6. The minimum absolute atomic E-state index is 0.259. The minimum atomic E-state index is -3.23. The summed E-state index contributed by atoms with van der Waals surface area (Å²) in [6.45, 7) is 1.73. The van der Waals surface area contributed by atoms with Gasteiger partial charge in [-0.15, -0.1) is 5.10 Å². The molecule has 1 aliphatic heterocycles. The van der Waals surface area contributed by atoms with E-state index in [1.807, 2.05) is 6.07 Å². The Balaban J connectivity index is 1.52. The van der Waals surface area contributed by atoms with E-state index < -0.39 is 9.84 Å². The molecular formula is C17H17N5O3S. The van der Waals surface area contributed by atoms with E-state index in [0.29, 0.717) is 31.3 Å². The second-order valence-corrected chi connectivity index (χ2v) is 8.12. The number of nitrogens with one attached hydrogen (secondary N) is 1. The molecular weight excluding hydrogens is 354 g/mol. The molecule has 0 unspecified atom stereocenters. The molecule has 26 heavy (non-hydrogen) atoms. The quantitative estimate of drug-likeness (QED) is 0.729. The molecule has 0 saturated heterocycles. The number of rotatable bonds is 5. The SMILES string of the molecule is CS(=O)(=O)c1ccc(-n2nnnc2CNc2ccc3c(c2)COC3)cc1. The summed E-state index contributed by atoms with van der Waals surface area (Å²) in [6.07, 6.45) is 1.18. The molecule has 0 bridgehead atoms. The van der Waals surface area contributed by atoms with E-state index in [1.165, 1.54) is 17.4 Å². The van der Waals surface area contributed by atoms with Crippen molar-refractivity contribution in [3.8, 4) is 5.69 Å². The zero-order chi connectivity index (χ0) is 18.1. The van der Waals surface area contributed by atoms with Crippen LogP contribution in [0.3, 0.4) is 0 Å². The third-order valence-corrected chi connectivity index (χ3v) is 5.34. The van der Waals surface area contributed by atoms with Crippen LogP contribution in [0.2, 0.25) is 0 Å². The number of sulfone groups is 1. The highest BCUT2D eigenvalue weighted by Gasteiger charge is 2.13. The normalized spacial score (nSPS) is 13.6. The Kier molecular flexibility index (Phi) is 4.17. The van der Waals surface area contributed by atoms with Crippen molar-refractivity contribution in [3.63, 3.8) is 0 Å². The van der Waals surface area contributed by atoms with Gasteiger partial charge in [0.2, 0.25) is 0 Å². The lowest BCUT2D eigenvalue weighted by Gasteiger charge is -2.09. The van der Waals surface area contributed by atoms with Crippen molar-refractivity contribution < 1.29 is 13.2 Å². The van der Waals surface area contributed by atoms with Gasteiger partial charge in [-0.05, 0) is 58.0 Å². The number of fused-ring (bicyclic) bond motifs is 1. The van der Waals surface area contributed by atoms with Gasteiger partial charge in [-0.2, -0.15) is 4.68 Å². The highest BCUT2D eigenvalue weighted by atomic mass is 32.2. The summed E-state index contributed by atoms with van der Waals surface area (Å²) >= 11 is 0. The molecule has 1 aromatic heterocycles. The van der Waals surface area contributed by atoms with Gasteiger partial charge in [-0.1, -0.05) is 6.07 Å². The van der Waals surface area contributed by atoms with E-state index in [9.17, 15) is 8.42 Å². The summed E-state index contributed by atoms with van der Waals surface area (Å²) in [6, 6.07) is 12.6. The van der Waals surface area contributed by atoms with E-state index in [2.05, 4.69) is 33.0 Å². The fourth-order valence-electron chi connectivity index (χ4n) is 2.81. The predicted octanol–water partition coefficient (Wildman–Crippen LogP) is 1.71. The average Bonchev–Trinajstić information content (AvgIpc) is 3.28. The first-order valence-corrected chi connectivity index (χ1v) is 9.91. The molecule has 3 aromatic rings. The number of nitrogens with zero attached hydrogens (tertiary/aromatic N) is 4. The first-order valence-electron chi connectivity index (χ1n) is 8.02. The molecule has 2 aromatic carbocycles. The highest BCUT2D eigenvalue weighted by Crippen LogP contribution is 2.23. The van der Waals surface area contributed by atoms with Gasteiger partial charge >= 0.3 is 0 Å². The van der Waals surface area contributed by atoms with E-state index in [4.69, 9.17) is 4.74 Å². The van der Waals surface area contributed by atoms with Gasteiger partial charge in [-0.25, -0.2) is 8.42 Å². The molecule has 0 saturated carbocycles. The number of ether oxygens (including phenoxy) is 1. The van der Waals surface area contributed by atoms with Crippen molar-refractivity contribution in [2.45, 2.75) is 24.7 Å². The largest absolute Gasteiger partial charge is 0.378 e. The van der Waals surface area contributed by atoms with Gasteiger partial charge in [0, 0.05) is 11.9 Å². The Bertz CT molecular complexity index is 1040. The molecule has 0 atom stereocenters. The van der Waals surface area contributed by atoms with E-state index >= 15 is 0 Å². The fraction of sp³-hybridized carbons (Fsp3) is 0.235. The summed E-state index contributed by atoms with van der Waals surface area (Å²) in [4.78, 5) is 0.259. The summed E-state index contributed by atoms with van der Waals surface area (Å²) in [5.41, 5.74) is 4.06. The Hall–Kier alpha value is -2.78. The van der Waals surface area contributed by atoms with Crippen molar-refractivity contribution >= 4 is 15.5 Å². The van der Waals surface area contributed by atoms with Gasteiger partial charge < -0.3 is 10.1 Å². The van der Waals surface area contributed by atoms with Crippen LogP contribution in [-0.2, 0) is 34.3 Å². The lowest BCUT2D eigenvalue weighted by Crippen LogP contribution is -2.09. The Morgan fingerprint density at radius 1 is 1.12 bits per heavy atom. The molecule has 2 heterocycles. The lowest BCUT2D eigenvalue weighted by molar-refractivity contribution is 0.134. The summed E-state index contributed by atoms with van der Waals surface area (Å²) < 4.78 is 30.1. The molecule has 0 aliphatic carbocycles. The third kappa shape index (κ3) is 3.31. The average molecular weight is 371 g/mol. The maximum absolute atomic E-state index is 11.6. The molecule has 0 radical (unpaired) electrons. The van der Waals surface area contributed by atoms with Crippen molar-refractivity contribution in [1.29, 1.82) is 0 Å². The topological polar surface area (TPSA) is 99.0 Å². The van der Waals surface area contributed by atoms with Crippen molar-refractivity contribution in [2.75, 3.05) is 11.6 Å². The summed E-state index contributed by atoms with van der Waals surface area (Å²) in [5.74, 6) is 0.619. The predicted molar refractivity (Wildman–Crippen MR) is 94.5 cm³/mol. The molecule has 0 spiro atoms. The van der Waals surface area contributed by atoms with Gasteiger partial charge in [0.05, 0.1) is 30.3 Å². The molecule has 1 aliphatic rings. The first-order chi connectivity index (χ1) is 12.5. The molecule has 0 fully saturated rings. The number of tetrazole rings is 1. The minimum Gasteiger partial charge on any atom is -0.378 e. The second-order valence-electron chi connectivity index (χ2n) is 6.10. The molecule has 134 valence electrons. The second kappa shape index (κ2) is 6.50.